The van der Waals surface area contributed by atoms with E-state index in [2.05, 4.69) is 31.9 Å². The fourth-order valence-electron chi connectivity index (χ4n) is 1.77. The predicted molar refractivity (Wildman–Crippen MR) is 87.4 cm³/mol. The molecule has 0 fully saturated rings. The summed E-state index contributed by atoms with van der Waals surface area (Å²) in [6, 6.07) is 15.6. The molecule has 0 spiro atoms. The number of carbonyl (C=O) groups is 1. The summed E-state index contributed by atoms with van der Waals surface area (Å²) in [5.74, 6) is -0.370. The lowest BCUT2D eigenvalue weighted by Crippen LogP contribution is -1.98. The van der Waals surface area contributed by atoms with E-state index in [4.69, 9.17) is 4.74 Å². The first kappa shape index (κ1) is 15.0. The van der Waals surface area contributed by atoms with E-state index in [9.17, 15) is 4.79 Å². The third kappa shape index (κ3) is 3.81. The van der Waals surface area contributed by atoms with E-state index in [1.54, 1.807) is 0 Å². The maximum Gasteiger partial charge on any atom is 0.331 e. The van der Waals surface area contributed by atoms with Crippen LogP contribution in [0.1, 0.15) is 11.1 Å². The van der Waals surface area contributed by atoms with Gasteiger partial charge in [-0.1, -0.05) is 56.1 Å². The van der Waals surface area contributed by atoms with Crippen LogP contribution in [-0.4, -0.2) is 13.1 Å². The van der Waals surface area contributed by atoms with Gasteiger partial charge < -0.3 is 4.74 Å². The maximum absolute atomic E-state index is 11.6. The van der Waals surface area contributed by atoms with Gasteiger partial charge in [0.2, 0.25) is 0 Å². The zero-order valence-corrected chi connectivity index (χ0v) is 13.9. The molecule has 0 saturated heterocycles. The number of hydrogen-bond donors (Lipinski definition) is 0. The molecule has 102 valence electrons. The van der Waals surface area contributed by atoms with Gasteiger partial charge in [0.25, 0.3) is 0 Å². The minimum Gasteiger partial charge on any atom is -0.466 e. The van der Waals surface area contributed by atoms with Gasteiger partial charge in [0.1, 0.15) is 0 Å². The standard InChI is InChI=1S/C16H12Br2O2/c1-20-16(19)10-15(11-2-6-13(17)7-3-11)12-4-8-14(18)9-5-12/h2-10H,1H3. The Morgan fingerprint density at radius 3 is 1.65 bits per heavy atom. The number of benzene rings is 2. The topological polar surface area (TPSA) is 26.3 Å². The molecule has 0 saturated carbocycles. The van der Waals surface area contributed by atoms with E-state index < -0.39 is 0 Å². The van der Waals surface area contributed by atoms with Gasteiger partial charge in [-0.05, 0) is 41.0 Å². The molecule has 4 heteroatoms. The molecule has 0 bridgehead atoms. The van der Waals surface area contributed by atoms with Crippen LogP contribution in [0.4, 0.5) is 0 Å². The first-order chi connectivity index (χ1) is 9.60. The quantitative estimate of drug-likeness (QED) is 0.550. The molecule has 0 aliphatic heterocycles. The van der Waals surface area contributed by atoms with Crippen LogP contribution in [0.25, 0.3) is 5.57 Å². The minimum absolute atomic E-state index is 0.370. The maximum atomic E-state index is 11.6. The number of carbonyl (C=O) groups excluding carboxylic acids is 1. The monoisotopic (exact) mass is 394 g/mol. The van der Waals surface area contributed by atoms with Crippen molar-refractivity contribution in [2.24, 2.45) is 0 Å². The first-order valence-corrected chi connectivity index (χ1v) is 7.50. The van der Waals surface area contributed by atoms with E-state index in [1.807, 2.05) is 48.5 Å². The number of halogens is 2. The van der Waals surface area contributed by atoms with Crippen LogP contribution in [0, 0.1) is 0 Å². The number of esters is 1. The van der Waals surface area contributed by atoms with Crippen LogP contribution in [-0.2, 0) is 9.53 Å². The summed E-state index contributed by atoms with van der Waals surface area (Å²) in [5, 5.41) is 0. The number of ether oxygens (including phenoxy) is 1. The molecule has 0 N–H and O–H groups in total. The molecular formula is C16H12Br2O2. The van der Waals surface area contributed by atoms with Gasteiger partial charge in [-0.2, -0.15) is 0 Å². The van der Waals surface area contributed by atoms with Crippen molar-refractivity contribution in [3.8, 4) is 0 Å². The third-order valence-electron chi connectivity index (χ3n) is 2.77. The highest BCUT2D eigenvalue weighted by molar-refractivity contribution is 9.10. The van der Waals surface area contributed by atoms with E-state index in [0.29, 0.717) is 0 Å². The Morgan fingerprint density at radius 2 is 1.30 bits per heavy atom. The lowest BCUT2D eigenvalue weighted by Gasteiger charge is -2.09. The van der Waals surface area contributed by atoms with Gasteiger partial charge in [-0.15, -0.1) is 0 Å². The second-order valence-corrected chi connectivity index (χ2v) is 5.93. The fourth-order valence-corrected chi connectivity index (χ4v) is 2.30. The number of hydrogen-bond acceptors (Lipinski definition) is 2. The summed E-state index contributed by atoms with van der Waals surface area (Å²) in [4.78, 5) is 11.6. The normalized spacial score (nSPS) is 9.95. The molecule has 2 rings (SSSR count). The molecule has 0 atom stereocenters. The smallest absolute Gasteiger partial charge is 0.331 e. The van der Waals surface area contributed by atoms with Crippen LogP contribution in [0.3, 0.4) is 0 Å². The van der Waals surface area contributed by atoms with Crippen molar-refractivity contribution in [1.29, 1.82) is 0 Å². The van der Waals surface area contributed by atoms with Gasteiger partial charge in [0.05, 0.1) is 7.11 Å². The highest BCUT2D eigenvalue weighted by Gasteiger charge is 2.08. The fraction of sp³-hybridized carbons (Fsp3) is 0.0625. The van der Waals surface area contributed by atoms with Crippen LogP contribution < -0.4 is 0 Å². The molecule has 0 unspecified atom stereocenters. The van der Waals surface area contributed by atoms with Crippen LogP contribution in [0.15, 0.2) is 63.6 Å². The largest absolute Gasteiger partial charge is 0.466 e. The van der Waals surface area contributed by atoms with Crippen molar-refractivity contribution in [1.82, 2.24) is 0 Å². The van der Waals surface area contributed by atoms with Crippen LogP contribution in [0.2, 0.25) is 0 Å². The average molecular weight is 396 g/mol. The Kier molecular flexibility index (Phi) is 5.15. The lowest BCUT2D eigenvalue weighted by atomic mass is 9.98. The summed E-state index contributed by atoms with van der Waals surface area (Å²) in [5.41, 5.74) is 2.75. The van der Waals surface area contributed by atoms with Crippen LogP contribution >= 0.6 is 31.9 Å². The van der Waals surface area contributed by atoms with Gasteiger partial charge in [-0.3, -0.25) is 0 Å². The summed E-state index contributed by atoms with van der Waals surface area (Å²) in [6.45, 7) is 0. The Hall–Kier alpha value is -1.39. The minimum atomic E-state index is -0.370. The molecule has 0 aromatic heterocycles. The van der Waals surface area contributed by atoms with Gasteiger partial charge >= 0.3 is 5.97 Å². The van der Waals surface area contributed by atoms with Crippen molar-refractivity contribution >= 4 is 43.4 Å². The molecule has 0 aliphatic rings. The van der Waals surface area contributed by atoms with Gasteiger partial charge in [0.15, 0.2) is 0 Å². The molecule has 2 nitrogen and oxygen atoms in total. The Balaban J connectivity index is 2.50. The molecule has 0 radical (unpaired) electrons. The van der Waals surface area contributed by atoms with Gasteiger partial charge in [0, 0.05) is 15.0 Å². The Morgan fingerprint density at radius 1 is 0.900 bits per heavy atom. The molecular weight excluding hydrogens is 384 g/mol. The first-order valence-electron chi connectivity index (χ1n) is 5.91. The van der Waals surface area contributed by atoms with Crippen molar-refractivity contribution in [2.45, 2.75) is 0 Å². The summed E-state index contributed by atoms with van der Waals surface area (Å²) in [6.07, 6.45) is 1.51. The summed E-state index contributed by atoms with van der Waals surface area (Å²) >= 11 is 6.82. The Bertz CT molecular complexity index is 581. The van der Waals surface area contributed by atoms with E-state index >= 15 is 0 Å². The number of rotatable bonds is 3. The second-order valence-electron chi connectivity index (χ2n) is 4.09. The highest BCUT2D eigenvalue weighted by Crippen LogP contribution is 2.26. The van der Waals surface area contributed by atoms with E-state index in [1.165, 1.54) is 13.2 Å². The van der Waals surface area contributed by atoms with Crippen molar-refractivity contribution in [3.05, 3.63) is 74.7 Å². The van der Waals surface area contributed by atoms with Crippen molar-refractivity contribution < 1.29 is 9.53 Å². The molecule has 0 aliphatic carbocycles. The second kappa shape index (κ2) is 6.86. The van der Waals surface area contributed by atoms with E-state index in [-0.39, 0.29) is 5.97 Å². The molecule has 0 heterocycles. The van der Waals surface area contributed by atoms with Crippen LogP contribution in [0.5, 0.6) is 0 Å². The molecule has 2 aromatic carbocycles. The van der Waals surface area contributed by atoms with Crippen molar-refractivity contribution in [2.75, 3.05) is 7.11 Å². The van der Waals surface area contributed by atoms with Crippen molar-refractivity contribution in [3.63, 3.8) is 0 Å². The molecule has 0 amide bonds. The SMILES string of the molecule is COC(=O)C=C(c1ccc(Br)cc1)c1ccc(Br)cc1. The average Bonchev–Trinajstić information content (AvgIpc) is 2.46. The lowest BCUT2D eigenvalue weighted by molar-refractivity contribution is -0.134. The zero-order valence-electron chi connectivity index (χ0n) is 10.8. The zero-order chi connectivity index (χ0) is 14.5. The van der Waals surface area contributed by atoms with Gasteiger partial charge in [-0.25, -0.2) is 4.79 Å². The summed E-state index contributed by atoms with van der Waals surface area (Å²) < 4.78 is 6.73. The molecule has 20 heavy (non-hydrogen) atoms. The predicted octanol–water partition coefficient (Wildman–Crippen LogP) is 4.82. The highest BCUT2D eigenvalue weighted by atomic mass is 79.9. The number of methoxy groups -OCH3 is 1. The molecule has 2 aromatic rings. The van der Waals surface area contributed by atoms with E-state index in [0.717, 1.165) is 25.6 Å². The Labute approximate surface area is 134 Å². The summed E-state index contributed by atoms with van der Waals surface area (Å²) in [7, 11) is 1.37. The third-order valence-corrected chi connectivity index (χ3v) is 3.83.